The molecule has 39 heavy (non-hydrogen) atoms. The zero-order valence-corrected chi connectivity index (χ0v) is 25.1. The van der Waals surface area contributed by atoms with Crippen LogP contribution >= 0.6 is 34.8 Å². The van der Waals surface area contributed by atoms with Gasteiger partial charge in [0.15, 0.2) is 0 Å². The van der Waals surface area contributed by atoms with Gasteiger partial charge in [0.2, 0.25) is 11.8 Å². The summed E-state index contributed by atoms with van der Waals surface area (Å²) >= 11 is 19.1. The van der Waals surface area contributed by atoms with E-state index in [1.807, 2.05) is 0 Å². The predicted octanol–water partition coefficient (Wildman–Crippen LogP) is 6.09. The number of benzene rings is 3. The van der Waals surface area contributed by atoms with Gasteiger partial charge < -0.3 is 10.2 Å². The smallest absolute Gasteiger partial charge is 0.264 e. The van der Waals surface area contributed by atoms with Gasteiger partial charge in [0.25, 0.3) is 10.0 Å². The molecule has 208 valence electrons. The Morgan fingerprint density at radius 1 is 0.846 bits per heavy atom. The minimum atomic E-state index is -4.20. The highest BCUT2D eigenvalue weighted by Gasteiger charge is 2.34. The number of carbonyl (C=O) groups is 2. The van der Waals surface area contributed by atoms with Crippen molar-refractivity contribution in [1.29, 1.82) is 0 Å². The van der Waals surface area contributed by atoms with Gasteiger partial charge in [-0.25, -0.2) is 8.42 Å². The quantitative estimate of drug-likeness (QED) is 0.301. The Morgan fingerprint density at radius 3 is 2.00 bits per heavy atom. The van der Waals surface area contributed by atoms with Crippen molar-refractivity contribution in [1.82, 2.24) is 10.2 Å². The second-order valence-corrected chi connectivity index (χ2v) is 12.4. The van der Waals surface area contributed by atoms with E-state index in [4.69, 9.17) is 34.8 Å². The summed E-state index contributed by atoms with van der Waals surface area (Å²) in [6.07, 6.45) is 0. The Bertz CT molecular complexity index is 1430. The van der Waals surface area contributed by atoms with Crippen LogP contribution in [0.15, 0.2) is 71.6 Å². The standard InChI is InChI=1S/C28H30Cl3N3O4S/c1-18(2)32-28(36)20(4)33(16-22-24(30)13-8-14-25(22)31)27(35)17-34(26-15-9-12-23(29)19(26)3)39(37,38)21-10-6-5-7-11-21/h5-15,18,20H,16-17H2,1-4H3,(H,32,36). The van der Waals surface area contributed by atoms with Gasteiger partial charge in [-0.1, -0.05) is 65.1 Å². The van der Waals surface area contributed by atoms with Gasteiger partial charge in [0.05, 0.1) is 10.6 Å². The van der Waals surface area contributed by atoms with Crippen molar-refractivity contribution in [3.05, 3.63) is 92.9 Å². The van der Waals surface area contributed by atoms with E-state index in [0.29, 0.717) is 26.2 Å². The molecule has 11 heteroatoms. The molecule has 1 atom stereocenters. The molecule has 0 aromatic heterocycles. The summed E-state index contributed by atoms with van der Waals surface area (Å²) in [5, 5.41) is 3.78. The van der Waals surface area contributed by atoms with Crippen LogP contribution in [0, 0.1) is 6.92 Å². The number of anilines is 1. The van der Waals surface area contributed by atoms with Gasteiger partial charge in [0, 0.05) is 33.2 Å². The van der Waals surface area contributed by atoms with Crippen LogP contribution in [-0.2, 0) is 26.2 Å². The molecule has 2 amide bonds. The minimum absolute atomic E-state index is 0.00322. The fourth-order valence-corrected chi connectivity index (χ4v) is 6.12. The van der Waals surface area contributed by atoms with Crippen LogP contribution < -0.4 is 9.62 Å². The van der Waals surface area contributed by atoms with Crippen molar-refractivity contribution in [2.45, 2.75) is 51.2 Å². The van der Waals surface area contributed by atoms with Crippen LogP contribution in [0.3, 0.4) is 0 Å². The number of halogens is 3. The van der Waals surface area contributed by atoms with E-state index in [9.17, 15) is 18.0 Å². The highest BCUT2D eigenvalue weighted by atomic mass is 35.5. The van der Waals surface area contributed by atoms with E-state index in [1.54, 1.807) is 82.3 Å². The molecule has 0 radical (unpaired) electrons. The van der Waals surface area contributed by atoms with Crippen molar-refractivity contribution in [3.63, 3.8) is 0 Å². The van der Waals surface area contributed by atoms with Crippen molar-refractivity contribution in [3.8, 4) is 0 Å². The molecule has 3 aromatic carbocycles. The molecule has 0 fully saturated rings. The molecule has 0 heterocycles. The molecule has 0 saturated heterocycles. The first-order chi connectivity index (χ1) is 18.3. The maximum absolute atomic E-state index is 14.0. The van der Waals surface area contributed by atoms with Gasteiger partial charge >= 0.3 is 0 Å². The molecule has 1 N–H and O–H groups in total. The topological polar surface area (TPSA) is 86.8 Å². The Hall–Kier alpha value is -2.78. The average molecular weight is 611 g/mol. The minimum Gasteiger partial charge on any atom is -0.352 e. The Morgan fingerprint density at radius 2 is 1.41 bits per heavy atom. The molecule has 7 nitrogen and oxygen atoms in total. The third kappa shape index (κ3) is 7.25. The summed E-state index contributed by atoms with van der Waals surface area (Å²) < 4.78 is 28.7. The third-order valence-corrected chi connectivity index (χ3v) is 9.00. The predicted molar refractivity (Wildman–Crippen MR) is 157 cm³/mol. The number of hydrogen-bond acceptors (Lipinski definition) is 4. The van der Waals surface area contributed by atoms with E-state index in [-0.39, 0.29) is 23.2 Å². The molecule has 0 aliphatic rings. The average Bonchev–Trinajstić information content (AvgIpc) is 2.88. The van der Waals surface area contributed by atoms with Gasteiger partial charge in [-0.3, -0.25) is 13.9 Å². The van der Waals surface area contributed by atoms with Gasteiger partial charge in [-0.05, 0) is 69.7 Å². The van der Waals surface area contributed by atoms with Crippen LogP contribution in [0.2, 0.25) is 15.1 Å². The number of rotatable bonds is 10. The molecule has 3 aromatic rings. The van der Waals surface area contributed by atoms with E-state index >= 15 is 0 Å². The summed E-state index contributed by atoms with van der Waals surface area (Å²) in [7, 11) is -4.20. The van der Waals surface area contributed by atoms with Crippen LogP contribution in [0.25, 0.3) is 0 Å². The summed E-state index contributed by atoms with van der Waals surface area (Å²) in [5.41, 5.74) is 1.17. The first kappa shape index (κ1) is 30.8. The van der Waals surface area contributed by atoms with Crippen molar-refractivity contribution >= 4 is 62.3 Å². The Kier molecular flexibility index (Phi) is 10.3. The van der Waals surface area contributed by atoms with Crippen LogP contribution in [0.1, 0.15) is 31.9 Å². The molecular weight excluding hydrogens is 581 g/mol. The molecule has 0 bridgehead atoms. The largest absolute Gasteiger partial charge is 0.352 e. The first-order valence-electron chi connectivity index (χ1n) is 12.2. The summed E-state index contributed by atoms with van der Waals surface area (Å²) in [6, 6.07) is 16.4. The highest BCUT2D eigenvalue weighted by molar-refractivity contribution is 7.92. The van der Waals surface area contributed by atoms with E-state index in [0.717, 1.165) is 4.31 Å². The molecule has 0 saturated carbocycles. The lowest BCUT2D eigenvalue weighted by molar-refractivity contribution is -0.139. The van der Waals surface area contributed by atoms with Gasteiger partial charge in [-0.2, -0.15) is 0 Å². The number of sulfonamides is 1. The second kappa shape index (κ2) is 13.0. The Labute approximate surface area is 244 Å². The molecule has 0 aliphatic heterocycles. The number of carbonyl (C=O) groups excluding carboxylic acids is 2. The lowest BCUT2D eigenvalue weighted by Gasteiger charge is -2.33. The summed E-state index contributed by atoms with van der Waals surface area (Å²) in [5.74, 6) is -1.03. The fourth-order valence-electron chi connectivity index (χ4n) is 3.94. The van der Waals surface area contributed by atoms with Crippen molar-refractivity contribution in [2.75, 3.05) is 10.8 Å². The lowest BCUT2D eigenvalue weighted by Crippen LogP contribution is -2.52. The van der Waals surface area contributed by atoms with Crippen LogP contribution in [0.5, 0.6) is 0 Å². The van der Waals surface area contributed by atoms with E-state index in [1.165, 1.54) is 17.0 Å². The van der Waals surface area contributed by atoms with Crippen LogP contribution in [0.4, 0.5) is 5.69 Å². The molecule has 3 rings (SSSR count). The summed E-state index contributed by atoms with van der Waals surface area (Å²) in [4.78, 5) is 28.3. The number of nitrogens with zero attached hydrogens (tertiary/aromatic N) is 2. The summed E-state index contributed by atoms with van der Waals surface area (Å²) in [6.45, 7) is 6.14. The lowest BCUT2D eigenvalue weighted by atomic mass is 10.1. The number of amides is 2. The van der Waals surface area contributed by atoms with E-state index in [2.05, 4.69) is 5.32 Å². The molecular formula is C28H30Cl3N3O4S. The SMILES string of the molecule is Cc1c(Cl)cccc1N(CC(=O)N(Cc1c(Cl)cccc1Cl)C(C)C(=O)NC(C)C)S(=O)(=O)c1ccccc1. The maximum atomic E-state index is 14.0. The van der Waals surface area contributed by atoms with Crippen LogP contribution in [-0.4, -0.2) is 43.8 Å². The zero-order valence-electron chi connectivity index (χ0n) is 22.0. The molecule has 1 unspecified atom stereocenters. The number of nitrogens with one attached hydrogen (secondary N) is 1. The van der Waals surface area contributed by atoms with Gasteiger partial charge in [0.1, 0.15) is 12.6 Å². The monoisotopic (exact) mass is 609 g/mol. The van der Waals surface area contributed by atoms with Crippen molar-refractivity contribution < 1.29 is 18.0 Å². The normalized spacial score (nSPS) is 12.2. The Balaban J connectivity index is 2.10. The maximum Gasteiger partial charge on any atom is 0.264 e. The third-order valence-electron chi connectivity index (χ3n) is 6.11. The molecule has 0 spiro atoms. The highest BCUT2D eigenvalue weighted by Crippen LogP contribution is 2.32. The number of hydrogen-bond donors (Lipinski definition) is 1. The fraction of sp³-hybridized carbons (Fsp3) is 0.286. The second-order valence-electron chi connectivity index (χ2n) is 9.27. The van der Waals surface area contributed by atoms with Crippen molar-refractivity contribution in [2.24, 2.45) is 0 Å². The molecule has 0 aliphatic carbocycles. The van der Waals surface area contributed by atoms with Gasteiger partial charge in [-0.15, -0.1) is 0 Å². The zero-order chi connectivity index (χ0) is 28.9. The first-order valence-corrected chi connectivity index (χ1v) is 14.8. The van der Waals surface area contributed by atoms with E-state index < -0.39 is 34.4 Å².